The second-order valence-corrected chi connectivity index (χ2v) is 3.77. The summed E-state index contributed by atoms with van der Waals surface area (Å²) in [7, 11) is 0. The van der Waals surface area contributed by atoms with E-state index in [4.69, 9.17) is 10.00 Å². The third-order valence-corrected chi connectivity index (χ3v) is 2.22. The highest BCUT2D eigenvalue weighted by molar-refractivity contribution is 9.10. The topological polar surface area (TPSA) is 33.0 Å². The summed E-state index contributed by atoms with van der Waals surface area (Å²) in [5, 5.41) is 8.52. The molecule has 0 radical (unpaired) electrons. The number of nitriles is 1. The van der Waals surface area contributed by atoms with Gasteiger partial charge in [-0.1, -0.05) is 0 Å². The van der Waals surface area contributed by atoms with Crippen molar-refractivity contribution in [2.75, 3.05) is 6.61 Å². The highest BCUT2D eigenvalue weighted by Gasteiger charge is 2.05. The van der Waals surface area contributed by atoms with Crippen LogP contribution in [-0.4, -0.2) is 6.61 Å². The van der Waals surface area contributed by atoms with Crippen molar-refractivity contribution in [2.45, 2.75) is 6.92 Å². The Morgan fingerprint density at radius 3 is 2.93 bits per heavy atom. The molecular weight excluding hydrogens is 249 g/mol. The Morgan fingerprint density at radius 2 is 2.36 bits per heavy atom. The summed E-state index contributed by atoms with van der Waals surface area (Å²) in [6.07, 6.45) is 0. The van der Waals surface area contributed by atoms with Gasteiger partial charge in [-0.25, -0.2) is 4.39 Å². The van der Waals surface area contributed by atoms with Crippen molar-refractivity contribution in [3.63, 3.8) is 0 Å². The summed E-state index contributed by atoms with van der Waals surface area (Å²) in [5.41, 5.74) is 0. The second-order valence-electron chi connectivity index (χ2n) is 2.92. The second kappa shape index (κ2) is 4.97. The standard InChI is InChI=1S/C10H9BrFNO/c1-7(5-13)6-14-10-3-2-8(12)4-9(10)11/h2-4,7H,6H2,1H3. The minimum absolute atomic E-state index is 0.174. The van der Waals surface area contributed by atoms with Crippen LogP contribution in [0, 0.1) is 23.1 Å². The smallest absolute Gasteiger partial charge is 0.133 e. The zero-order chi connectivity index (χ0) is 10.6. The molecule has 0 spiro atoms. The summed E-state index contributed by atoms with van der Waals surface area (Å²) in [4.78, 5) is 0. The van der Waals surface area contributed by atoms with Gasteiger partial charge in [0.1, 0.15) is 18.2 Å². The first-order valence-electron chi connectivity index (χ1n) is 4.11. The fraction of sp³-hybridized carbons (Fsp3) is 0.300. The third-order valence-electron chi connectivity index (χ3n) is 1.60. The van der Waals surface area contributed by atoms with Gasteiger partial charge in [0, 0.05) is 0 Å². The summed E-state index contributed by atoms with van der Waals surface area (Å²) >= 11 is 3.17. The molecule has 74 valence electrons. The predicted molar refractivity (Wildman–Crippen MR) is 54.4 cm³/mol. The van der Waals surface area contributed by atoms with Crippen molar-refractivity contribution in [3.05, 3.63) is 28.5 Å². The molecule has 2 nitrogen and oxygen atoms in total. The quantitative estimate of drug-likeness (QED) is 0.834. The van der Waals surface area contributed by atoms with E-state index >= 15 is 0 Å². The lowest BCUT2D eigenvalue weighted by molar-refractivity contribution is 0.286. The lowest BCUT2D eigenvalue weighted by Crippen LogP contribution is -2.06. The number of halogens is 2. The fourth-order valence-electron chi connectivity index (χ4n) is 0.844. The molecule has 1 rings (SSSR count). The Balaban J connectivity index is 2.64. The molecule has 14 heavy (non-hydrogen) atoms. The highest BCUT2D eigenvalue weighted by Crippen LogP contribution is 2.25. The molecule has 1 aromatic rings. The molecule has 0 N–H and O–H groups in total. The van der Waals surface area contributed by atoms with E-state index in [1.54, 1.807) is 6.92 Å². The van der Waals surface area contributed by atoms with E-state index in [9.17, 15) is 4.39 Å². The van der Waals surface area contributed by atoms with Crippen molar-refractivity contribution in [2.24, 2.45) is 5.92 Å². The van der Waals surface area contributed by atoms with E-state index in [2.05, 4.69) is 22.0 Å². The van der Waals surface area contributed by atoms with Crippen molar-refractivity contribution in [1.29, 1.82) is 5.26 Å². The van der Waals surface area contributed by atoms with Gasteiger partial charge in [-0.2, -0.15) is 5.26 Å². The summed E-state index contributed by atoms with van der Waals surface area (Å²) < 4.78 is 18.5. The minimum Gasteiger partial charge on any atom is -0.491 e. The minimum atomic E-state index is -0.322. The Labute approximate surface area is 90.4 Å². The van der Waals surface area contributed by atoms with Crippen LogP contribution in [-0.2, 0) is 0 Å². The Kier molecular flexibility index (Phi) is 3.90. The van der Waals surface area contributed by atoms with Crippen LogP contribution in [0.25, 0.3) is 0 Å². The highest BCUT2D eigenvalue weighted by atomic mass is 79.9. The van der Waals surface area contributed by atoms with Crippen LogP contribution in [0.15, 0.2) is 22.7 Å². The predicted octanol–water partition coefficient (Wildman–Crippen LogP) is 3.13. The van der Waals surface area contributed by atoms with E-state index in [1.807, 2.05) is 0 Å². The number of hydrogen-bond donors (Lipinski definition) is 0. The molecule has 0 aliphatic carbocycles. The molecule has 1 atom stereocenters. The molecule has 0 aliphatic heterocycles. The Morgan fingerprint density at radius 1 is 1.64 bits per heavy atom. The van der Waals surface area contributed by atoms with Gasteiger partial charge < -0.3 is 4.74 Å². The number of hydrogen-bond acceptors (Lipinski definition) is 2. The van der Waals surface area contributed by atoms with Gasteiger partial charge in [-0.15, -0.1) is 0 Å². The van der Waals surface area contributed by atoms with E-state index in [0.717, 1.165) is 0 Å². The molecule has 1 aromatic carbocycles. The van der Waals surface area contributed by atoms with Crippen molar-refractivity contribution in [1.82, 2.24) is 0 Å². The van der Waals surface area contributed by atoms with Crippen molar-refractivity contribution < 1.29 is 9.13 Å². The molecule has 0 aromatic heterocycles. The van der Waals surface area contributed by atoms with Crippen LogP contribution in [0.2, 0.25) is 0 Å². The molecule has 0 heterocycles. The SMILES string of the molecule is CC(C#N)COc1ccc(F)cc1Br. The van der Waals surface area contributed by atoms with Crippen LogP contribution < -0.4 is 4.74 Å². The van der Waals surface area contributed by atoms with E-state index in [1.165, 1.54) is 18.2 Å². The first-order valence-corrected chi connectivity index (χ1v) is 4.90. The van der Waals surface area contributed by atoms with Gasteiger partial charge in [0.25, 0.3) is 0 Å². The first kappa shape index (κ1) is 11.0. The van der Waals surface area contributed by atoms with Gasteiger partial charge in [-0.05, 0) is 41.1 Å². The number of ether oxygens (including phenoxy) is 1. The maximum atomic E-state index is 12.7. The van der Waals surface area contributed by atoms with Crippen LogP contribution in [0.4, 0.5) is 4.39 Å². The average Bonchev–Trinajstić information content (AvgIpc) is 2.16. The van der Waals surface area contributed by atoms with Gasteiger partial charge in [-0.3, -0.25) is 0 Å². The van der Waals surface area contributed by atoms with E-state index in [-0.39, 0.29) is 11.7 Å². The van der Waals surface area contributed by atoms with Crippen LogP contribution in [0.5, 0.6) is 5.75 Å². The van der Waals surface area contributed by atoms with Gasteiger partial charge >= 0.3 is 0 Å². The number of nitrogens with zero attached hydrogens (tertiary/aromatic N) is 1. The van der Waals surface area contributed by atoms with Crippen LogP contribution in [0.3, 0.4) is 0 Å². The van der Waals surface area contributed by atoms with Gasteiger partial charge in [0.2, 0.25) is 0 Å². The maximum Gasteiger partial charge on any atom is 0.133 e. The Bertz CT molecular complexity index is 362. The molecule has 1 unspecified atom stereocenters. The van der Waals surface area contributed by atoms with Crippen LogP contribution >= 0.6 is 15.9 Å². The van der Waals surface area contributed by atoms with Crippen LogP contribution in [0.1, 0.15) is 6.92 Å². The molecule has 0 fully saturated rings. The Hall–Kier alpha value is -1.08. The zero-order valence-electron chi connectivity index (χ0n) is 7.63. The molecule has 0 bridgehead atoms. The van der Waals surface area contributed by atoms with E-state index < -0.39 is 0 Å². The summed E-state index contributed by atoms with van der Waals surface area (Å²) in [6, 6.07) is 6.23. The largest absolute Gasteiger partial charge is 0.491 e. The fourth-order valence-corrected chi connectivity index (χ4v) is 1.31. The van der Waals surface area contributed by atoms with Crippen molar-refractivity contribution >= 4 is 15.9 Å². The third kappa shape index (κ3) is 3.00. The molecule has 0 amide bonds. The molecule has 0 aliphatic rings. The lowest BCUT2D eigenvalue weighted by atomic mass is 10.2. The number of benzene rings is 1. The molecule has 0 saturated carbocycles. The lowest BCUT2D eigenvalue weighted by Gasteiger charge is -2.08. The zero-order valence-corrected chi connectivity index (χ0v) is 9.21. The number of rotatable bonds is 3. The average molecular weight is 258 g/mol. The summed E-state index contributed by atoms with van der Waals surface area (Å²) in [5.74, 6) is 0.0537. The normalized spacial score (nSPS) is 11.9. The molecular formula is C10H9BrFNO. The summed E-state index contributed by atoms with van der Waals surface area (Å²) in [6.45, 7) is 2.07. The maximum absolute atomic E-state index is 12.7. The van der Waals surface area contributed by atoms with Gasteiger partial charge in [0.15, 0.2) is 0 Å². The van der Waals surface area contributed by atoms with Crippen molar-refractivity contribution in [3.8, 4) is 11.8 Å². The van der Waals surface area contributed by atoms with E-state index in [0.29, 0.717) is 16.8 Å². The molecule has 4 heteroatoms. The first-order chi connectivity index (χ1) is 6.63. The monoisotopic (exact) mass is 257 g/mol. The van der Waals surface area contributed by atoms with Gasteiger partial charge in [0.05, 0.1) is 16.5 Å². The molecule has 0 saturated heterocycles.